The van der Waals surface area contributed by atoms with Gasteiger partial charge in [-0.25, -0.2) is 4.79 Å². The van der Waals surface area contributed by atoms with Gasteiger partial charge < -0.3 is 20.7 Å². The summed E-state index contributed by atoms with van der Waals surface area (Å²) in [6, 6.07) is 0. The molecular formula is C6H9NO5. The molecule has 68 valence electrons. The van der Waals surface area contributed by atoms with Crippen LogP contribution in [-0.4, -0.2) is 34.0 Å². The van der Waals surface area contributed by atoms with E-state index in [0.29, 0.717) is 0 Å². The van der Waals surface area contributed by atoms with E-state index in [0.717, 1.165) is 0 Å². The predicted octanol–water partition coefficient (Wildman–Crippen LogP) is -1.17. The van der Waals surface area contributed by atoms with E-state index in [9.17, 15) is 14.4 Å². The Labute approximate surface area is 68.0 Å². The number of rotatable bonds is 5. The quantitative estimate of drug-likeness (QED) is 0.358. The van der Waals surface area contributed by atoms with Crippen molar-refractivity contribution in [1.29, 1.82) is 0 Å². The lowest BCUT2D eigenvalue weighted by molar-refractivity contribution is -0.146. The molecule has 0 aromatic rings. The highest BCUT2D eigenvalue weighted by Gasteiger charge is 2.33. The summed E-state index contributed by atoms with van der Waals surface area (Å²) < 4.78 is 0. The number of nitrogens with two attached hydrogens (primary N) is 1. The summed E-state index contributed by atoms with van der Waals surface area (Å²) in [4.78, 5) is 30.5. The number of hydrogen-bond acceptors (Lipinski definition) is 4. The molecule has 0 bridgehead atoms. The molecule has 0 fully saturated rings. The third-order valence-corrected chi connectivity index (χ3v) is 1.36. The summed E-state index contributed by atoms with van der Waals surface area (Å²) in [7, 11) is 0. The minimum absolute atomic E-state index is 0.0400. The Hall–Kier alpha value is -1.43. The summed E-state index contributed by atoms with van der Waals surface area (Å²) in [5.41, 5.74) is 2.99. The Balaban J connectivity index is 4.25. The normalized spacial score (nSPS) is 14.8. The van der Waals surface area contributed by atoms with Gasteiger partial charge in [0.05, 0.1) is 0 Å². The first-order valence-corrected chi connectivity index (χ1v) is 3.13. The summed E-state index contributed by atoms with van der Waals surface area (Å²) >= 11 is 0. The molecule has 4 N–H and O–H groups in total. The molecule has 0 aliphatic heterocycles. The summed E-state index contributed by atoms with van der Waals surface area (Å²) in [6.45, 7) is 0. The molecule has 1 unspecified atom stereocenters. The average Bonchev–Trinajstić information content (AvgIpc) is 1.99. The lowest BCUT2D eigenvalue weighted by Gasteiger charge is -2.15. The first-order valence-electron chi connectivity index (χ1n) is 3.13. The largest absolute Gasteiger partial charge is 0.481 e. The molecule has 0 saturated heterocycles. The molecule has 0 spiro atoms. The van der Waals surface area contributed by atoms with Crippen molar-refractivity contribution in [3.8, 4) is 0 Å². The number of carboxylic acids is 2. The number of aldehydes is 1. The van der Waals surface area contributed by atoms with Crippen LogP contribution in [0.2, 0.25) is 0 Å². The fraction of sp³-hybridized carbons (Fsp3) is 0.500. The van der Waals surface area contributed by atoms with Crippen molar-refractivity contribution in [3.63, 3.8) is 0 Å². The molecular weight excluding hydrogens is 166 g/mol. The van der Waals surface area contributed by atoms with Crippen LogP contribution >= 0.6 is 0 Å². The standard InChI is InChI=1S/C6H9NO5/c7-6(3-8,5(11)12)2-1-4(9)10/h3H,1-2,7H2,(H,9,10)(H,11,12). The van der Waals surface area contributed by atoms with E-state index in [-0.39, 0.29) is 6.29 Å². The fourth-order valence-electron chi connectivity index (χ4n) is 0.530. The van der Waals surface area contributed by atoms with Crippen LogP contribution in [0.4, 0.5) is 0 Å². The van der Waals surface area contributed by atoms with E-state index in [1.54, 1.807) is 0 Å². The lowest BCUT2D eigenvalue weighted by Crippen LogP contribution is -2.49. The molecule has 0 rings (SSSR count). The van der Waals surface area contributed by atoms with Gasteiger partial charge >= 0.3 is 11.9 Å². The molecule has 0 aliphatic carbocycles. The van der Waals surface area contributed by atoms with E-state index in [1.165, 1.54) is 0 Å². The van der Waals surface area contributed by atoms with Gasteiger partial charge in [-0.1, -0.05) is 0 Å². The van der Waals surface area contributed by atoms with Gasteiger partial charge in [0, 0.05) is 6.42 Å². The first kappa shape index (κ1) is 10.6. The van der Waals surface area contributed by atoms with Crippen molar-refractivity contribution in [1.82, 2.24) is 0 Å². The number of carbonyl (C=O) groups is 3. The second kappa shape index (κ2) is 3.82. The maximum atomic E-state index is 10.3. The van der Waals surface area contributed by atoms with E-state index >= 15 is 0 Å². The average molecular weight is 175 g/mol. The summed E-state index contributed by atoms with van der Waals surface area (Å²) in [6.07, 6.45) is -0.805. The minimum Gasteiger partial charge on any atom is -0.481 e. The van der Waals surface area contributed by atoms with Crippen LogP contribution in [0.5, 0.6) is 0 Å². The van der Waals surface area contributed by atoms with Crippen LogP contribution in [0.3, 0.4) is 0 Å². The predicted molar refractivity (Wildman–Crippen MR) is 37.5 cm³/mol. The minimum atomic E-state index is -2.07. The SMILES string of the molecule is NC(C=O)(CCC(=O)O)C(=O)O. The van der Waals surface area contributed by atoms with Crippen LogP contribution in [0.1, 0.15) is 12.8 Å². The topological polar surface area (TPSA) is 118 Å². The number of carbonyl (C=O) groups excluding carboxylic acids is 1. The van der Waals surface area contributed by atoms with Gasteiger partial charge in [-0.2, -0.15) is 0 Å². The molecule has 0 aromatic carbocycles. The summed E-state index contributed by atoms with van der Waals surface area (Å²) in [5, 5.41) is 16.6. The van der Waals surface area contributed by atoms with E-state index < -0.39 is 30.3 Å². The Morgan fingerprint density at radius 2 is 1.92 bits per heavy atom. The van der Waals surface area contributed by atoms with Gasteiger partial charge in [-0.3, -0.25) is 4.79 Å². The van der Waals surface area contributed by atoms with Crippen LogP contribution in [-0.2, 0) is 14.4 Å². The monoisotopic (exact) mass is 175 g/mol. The van der Waals surface area contributed by atoms with Gasteiger partial charge in [0.15, 0.2) is 11.8 Å². The zero-order chi connectivity index (χ0) is 9.78. The van der Waals surface area contributed by atoms with Gasteiger partial charge in [-0.05, 0) is 6.42 Å². The molecule has 0 aromatic heterocycles. The molecule has 6 heteroatoms. The summed E-state index contributed by atoms with van der Waals surface area (Å²) in [5.74, 6) is -2.70. The molecule has 0 aliphatic rings. The molecule has 1 atom stereocenters. The maximum absolute atomic E-state index is 10.3. The van der Waals surface area contributed by atoms with Crippen LogP contribution < -0.4 is 5.73 Å². The lowest BCUT2D eigenvalue weighted by atomic mass is 9.97. The van der Waals surface area contributed by atoms with Crippen LogP contribution in [0.25, 0.3) is 0 Å². The third-order valence-electron chi connectivity index (χ3n) is 1.36. The number of carboxylic acid groups (broad SMARTS) is 2. The van der Waals surface area contributed by atoms with Crippen molar-refractivity contribution >= 4 is 18.2 Å². The van der Waals surface area contributed by atoms with Crippen LogP contribution in [0, 0.1) is 0 Å². The number of aliphatic carboxylic acids is 2. The Morgan fingerprint density at radius 3 is 2.17 bits per heavy atom. The van der Waals surface area contributed by atoms with Crippen LogP contribution in [0.15, 0.2) is 0 Å². The van der Waals surface area contributed by atoms with Gasteiger partial charge in [-0.15, -0.1) is 0 Å². The zero-order valence-corrected chi connectivity index (χ0v) is 6.19. The zero-order valence-electron chi connectivity index (χ0n) is 6.19. The smallest absolute Gasteiger partial charge is 0.331 e. The van der Waals surface area contributed by atoms with Gasteiger partial charge in [0.2, 0.25) is 0 Å². The Morgan fingerprint density at radius 1 is 1.42 bits per heavy atom. The third kappa shape index (κ3) is 2.67. The van der Waals surface area contributed by atoms with Crippen molar-refractivity contribution in [2.24, 2.45) is 5.73 Å². The van der Waals surface area contributed by atoms with E-state index in [1.807, 2.05) is 0 Å². The molecule has 0 saturated carbocycles. The van der Waals surface area contributed by atoms with E-state index in [2.05, 4.69) is 0 Å². The second-order valence-corrected chi connectivity index (χ2v) is 2.36. The fourth-order valence-corrected chi connectivity index (χ4v) is 0.530. The highest BCUT2D eigenvalue weighted by molar-refractivity contribution is 5.97. The highest BCUT2D eigenvalue weighted by Crippen LogP contribution is 2.06. The molecule has 12 heavy (non-hydrogen) atoms. The van der Waals surface area contributed by atoms with Crippen molar-refractivity contribution in [3.05, 3.63) is 0 Å². The molecule has 0 heterocycles. The molecule has 6 nitrogen and oxygen atoms in total. The Bertz CT molecular complexity index is 214. The van der Waals surface area contributed by atoms with E-state index in [4.69, 9.17) is 15.9 Å². The van der Waals surface area contributed by atoms with Crippen molar-refractivity contribution in [2.75, 3.05) is 0 Å². The van der Waals surface area contributed by atoms with Crippen molar-refractivity contribution in [2.45, 2.75) is 18.4 Å². The Kier molecular flexibility index (Phi) is 3.36. The second-order valence-electron chi connectivity index (χ2n) is 2.36. The molecule has 0 amide bonds. The molecule has 0 radical (unpaired) electrons. The van der Waals surface area contributed by atoms with Crippen molar-refractivity contribution < 1.29 is 24.6 Å². The van der Waals surface area contributed by atoms with Gasteiger partial charge in [0.1, 0.15) is 0 Å². The highest BCUT2D eigenvalue weighted by atomic mass is 16.4. The maximum Gasteiger partial charge on any atom is 0.331 e. The number of hydrogen-bond donors (Lipinski definition) is 3. The van der Waals surface area contributed by atoms with Gasteiger partial charge in [0.25, 0.3) is 0 Å². The first-order chi connectivity index (χ1) is 5.42.